The van der Waals surface area contributed by atoms with E-state index < -0.39 is 0 Å². The van der Waals surface area contributed by atoms with Crippen molar-refractivity contribution in [2.24, 2.45) is 0 Å². The zero-order valence-corrected chi connectivity index (χ0v) is 51.8. The molecule has 0 N–H and O–H groups in total. The van der Waals surface area contributed by atoms with E-state index in [0.29, 0.717) is 0 Å². The number of nitrogens with zero attached hydrogens (tertiary/aromatic N) is 3. The van der Waals surface area contributed by atoms with Gasteiger partial charge in [0.2, 0.25) is 0 Å². The molecule has 3 nitrogen and oxygen atoms in total. The van der Waals surface area contributed by atoms with Gasteiger partial charge < -0.3 is 14.0 Å². The quantitative estimate of drug-likeness (QED) is 0.131. The monoisotopic (exact) mass is 1200 g/mol. The fourth-order valence-corrected chi connectivity index (χ4v) is 16.0. The lowest BCUT2D eigenvalue weighted by Crippen LogP contribution is -2.41. The third-order valence-corrected chi connectivity index (χ3v) is 20.5. The van der Waals surface area contributed by atoms with E-state index in [9.17, 15) is 0 Å². The highest BCUT2D eigenvalue weighted by atomic mass is 15.2. The molecule has 94 heavy (non-hydrogen) atoms. The molecule has 0 bridgehead atoms. The molecule has 2 aliphatic rings. The summed E-state index contributed by atoms with van der Waals surface area (Å²) < 4.78 is 4.86. The van der Waals surface area contributed by atoms with E-state index in [1.807, 2.05) is 0 Å². The van der Waals surface area contributed by atoms with Crippen LogP contribution in [0.25, 0.3) is 154 Å². The first kappa shape index (κ1) is 53.8. The van der Waals surface area contributed by atoms with Crippen LogP contribution >= 0.6 is 0 Å². The highest BCUT2D eigenvalue weighted by Crippen LogP contribution is 2.56. The highest BCUT2D eigenvalue weighted by molar-refractivity contribution is 6.26. The molecule has 3 heteroatoms. The summed E-state index contributed by atoms with van der Waals surface area (Å²) in [4.78, 5) is 2.60. The van der Waals surface area contributed by atoms with Crippen molar-refractivity contribution in [2.45, 2.75) is 18.4 Å². The summed E-state index contributed by atoms with van der Waals surface area (Å²) >= 11 is 0. The number of para-hydroxylation sites is 3. The number of fused-ring (bicyclic) bond motifs is 15. The third-order valence-electron chi connectivity index (χ3n) is 20.5. The Morgan fingerprint density at radius 1 is 0.245 bits per heavy atom. The van der Waals surface area contributed by atoms with E-state index in [4.69, 9.17) is 0 Å². The Bertz CT molecular complexity index is 5910. The van der Waals surface area contributed by atoms with Gasteiger partial charge in [-0.3, -0.25) is 0 Å². The van der Waals surface area contributed by atoms with Crippen molar-refractivity contribution in [3.05, 3.63) is 351 Å². The molecule has 2 aromatic heterocycles. The summed E-state index contributed by atoms with van der Waals surface area (Å²) in [6.07, 6.45) is 9.28. The first-order valence-corrected chi connectivity index (χ1v) is 32.7. The summed E-state index contributed by atoms with van der Waals surface area (Å²) in [6.45, 7) is 2.41. The van der Waals surface area contributed by atoms with Crippen LogP contribution < -0.4 is 4.90 Å². The fraction of sp³-hybridized carbons (Fsp3) is 0.0330. The van der Waals surface area contributed by atoms with E-state index >= 15 is 0 Å². The number of hydrogen-bond donors (Lipinski definition) is 0. The van der Waals surface area contributed by atoms with E-state index in [-0.39, 0.29) is 11.5 Å². The second kappa shape index (κ2) is 21.3. The first-order valence-electron chi connectivity index (χ1n) is 32.7. The van der Waals surface area contributed by atoms with Crippen LogP contribution in [-0.2, 0) is 0 Å². The third kappa shape index (κ3) is 8.52. The minimum absolute atomic E-state index is 0.155. The summed E-state index contributed by atoms with van der Waals surface area (Å²) in [6, 6.07) is 120. The molecule has 440 valence electrons. The van der Waals surface area contributed by atoms with Gasteiger partial charge in [0.05, 0.1) is 27.6 Å². The van der Waals surface area contributed by atoms with Crippen molar-refractivity contribution in [3.63, 3.8) is 0 Å². The molecule has 2 atom stereocenters. The van der Waals surface area contributed by atoms with E-state index in [1.54, 1.807) is 0 Å². The predicted molar refractivity (Wildman–Crippen MR) is 398 cm³/mol. The zero-order chi connectivity index (χ0) is 62.0. The normalized spacial score (nSPS) is 15.1. The molecule has 0 saturated carbocycles. The molecule has 0 saturated heterocycles. The number of allylic oxidation sites excluding steroid dienone is 2. The van der Waals surface area contributed by atoms with Crippen molar-refractivity contribution in [1.82, 2.24) is 9.13 Å². The van der Waals surface area contributed by atoms with Crippen molar-refractivity contribution >= 4 is 87.3 Å². The molecule has 0 fully saturated rings. The second-order valence-corrected chi connectivity index (χ2v) is 25.8. The van der Waals surface area contributed by atoms with Crippen LogP contribution in [0.2, 0.25) is 0 Å². The van der Waals surface area contributed by atoms with Gasteiger partial charge in [0.1, 0.15) is 0 Å². The van der Waals surface area contributed by atoms with Crippen LogP contribution in [0.15, 0.2) is 346 Å². The SMILES string of the molecule is CC12C=CC=CC1c1cc(-c3ccc4c(c3)c3ccccc3n4-c3ccccc3)ccc1N2c1ccc2c(c1)c1ccc(-c3ccc4c5ccc(-c6cccc(-c7cc(-c8ccccc8)cc(-c8ccccc8)c7)c6)cc5c5ccccc5c4c3)cc1n2-c1ccccc1. The van der Waals surface area contributed by atoms with Gasteiger partial charge >= 0.3 is 0 Å². The molecule has 1 aliphatic carbocycles. The summed E-state index contributed by atoms with van der Waals surface area (Å²) in [5.74, 6) is 0.155. The summed E-state index contributed by atoms with van der Waals surface area (Å²) in [7, 11) is 0. The molecular weight excluding hydrogens is 1140 g/mol. The van der Waals surface area contributed by atoms with Crippen LogP contribution in [0.1, 0.15) is 18.4 Å². The molecule has 17 aromatic rings. The molecule has 0 spiro atoms. The summed E-state index contributed by atoms with van der Waals surface area (Å²) in [5, 5.41) is 12.5. The number of anilines is 2. The highest BCUT2D eigenvalue weighted by Gasteiger charge is 2.47. The van der Waals surface area contributed by atoms with Gasteiger partial charge in [-0.25, -0.2) is 0 Å². The maximum absolute atomic E-state index is 2.60. The van der Waals surface area contributed by atoms with Gasteiger partial charge in [0.25, 0.3) is 0 Å². The molecule has 0 amide bonds. The molecule has 2 unspecified atom stereocenters. The number of hydrogen-bond acceptors (Lipinski definition) is 1. The Morgan fingerprint density at radius 3 is 1.28 bits per heavy atom. The Balaban J connectivity index is 0.692. The molecule has 3 heterocycles. The minimum Gasteiger partial charge on any atom is -0.331 e. The lowest BCUT2D eigenvalue weighted by Gasteiger charge is -2.39. The summed E-state index contributed by atoms with van der Waals surface area (Å²) in [5.41, 5.74) is 24.9. The van der Waals surface area contributed by atoms with Crippen LogP contribution in [0.3, 0.4) is 0 Å². The molecular formula is C91H61N3. The number of rotatable bonds is 9. The zero-order valence-electron chi connectivity index (χ0n) is 51.8. The topological polar surface area (TPSA) is 13.1 Å². The maximum atomic E-state index is 2.60. The largest absolute Gasteiger partial charge is 0.331 e. The van der Waals surface area contributed by atoms with Crippen molar-refractivity contribution < 1.29 is 0 Å². The van der Waals surface area contributed by atoms with E-state index in [0.717, 1.165) is 5.69 Å². The van der Waals surface area contributed by atoms with Crippen LogP contribution in [0, 0.1) is 0 Å². The standard InChI is InChI=1S/C91H61N3/c1-91-48-19-18-34-85(91)84-56-66(65-39-45-87-82(55-65)78-33-16-17-35-86(78)92(87)71-27-10-4-11-28-71)40-46-89(84)94(91)73-41-47-88-83(58-73)79-44-38-67(57-90(79)93(88)72-29-12-5-13-30-72)64-37-43-77-76-42-36-63(53-80(76)74-31-14-15-32-75(74)81(77)54-64)61-25-20-26-62(49-61)70-51-68(59-21-6-2-7-22-59)50-69(52-70)60-23-8-3-9-24-60/h2-58,85H,1H3. The molecule has 19 rings (SSSR count). The van der Waals surface area contributed by atoms with Crippen LogP contribution in [-0.4, -0.2) is 14.7 Å². The molecule has 15 aromatic carbocycles. The smallest absolute Gasteiger partial charge is 0.0712 e. The Labute approximate surface area is 545 Å². The Morgan fingerprint density at radius 2 is 0.649 bits per heavy atom. The Kier molecular flexibility index (Phi) is 12.2. The predicted octanol–water partition coefficient (Wildman–Crippen LogP) is 24.5. The van der Waals surface area contributed by atoms with Crippen molar-refractivity contribution in [1.29, 1.82) is 0 Å². The average Bonchev–Trinajstić information content (AvgIpc) is 1.49. The van der Waals surface area contributed by atoms with E-state index in [1.165, 1.54) is 165 Å². The fourth-order valence-electron chi connectivity index (χ4n) is 16.0. The first-order chi connectivity index (χ1) is 46.5. The van der Waals surface area contributed by atoms with Gasteiger partial charge in [-0.15, -0.1) is 0 Å². The molecule has 0 radical (unpaired) electrons. The van der Waals surface area contributed by atoms with E-state index in [2.05, 4.69) is 367 Å². The second-order valence-electron chi connectivity index (χ2n) is 25.8. The van der Waals surface area contributed by atoms with Gasteiger partial charge in [0, 0.05) is 50.2 Å². The Hall–Kier alpha value is -12.0. The number of aromatic nitrogens is 2. The van der Waals surface area contributed by atoms with Crippen molar-refractivity contribution in [2.75, 3.05) is 4.90 Å². The lowest BCUT2D eigenvalue weighted by atomic mass is 9.80. The van der Waals surface area contributed by atoms with Gasteiger partial charge in [-0.05, 0) is 227 Å². The molecule has 1 aliphatic heterocycles. The van der Waals surface area contributed by atoms with Gasteiger partial charge in [-0.2, -0.15) is 0 Å². The maximum Gasteiger partial charge on any atom is 0.0712 e. The lowest BCUT2D eigenvalue weighted by molar-refractivity contribution is 0.542. The van der Waals surface area contributed by atoms with Crippen LogP contribution in [0.5, 0.6) is 0 Å². The minimum atomic E-state index is -0.327. The van der Waals surface area contributed by atoms with Gasteiger partial charge in [-0.1, -0.05) is 231 Å². The van der Waals surface area contributed by atoms with Gasteiger partial charge in [0.15, 0.2) is 0 Å². The number of benzene rings is 15. The average molecular weight is 1200 g/mol. The van der Waals surface area contributed by atoms with Crippen molar-refractivity contribution in [3.8, 4) is 78.1 Å². The van der Waals surface area contributed by atoms with Crippen LogP contribution in [0.4, 0.5) is 11.4 Å².